The van der Waals surface area contributed by atoms with Gasteiger partial charge >= 0.3 is 5.69 Å². The van der Waals surface area contributed by atoms with E-state index >= 15 is 0 Å². The van der Waals surface area contributed by atoms with Gasteiger partial charge in [-0.15, -0.1) is 0 Å². The van der Waals surface area contributed by atoms with Crippen LogP contribution in [0.5, 0.6) is 0 Å². The lowest BCUT2D eigenvalue weighted by molar-refractivity contribution is 0.132. The van der Waals surface area contributed by atoms with Crippen molar-refractivity contribution in [1.82, 2.24) is 9.55 Å². The van der Waals surface area contributed by atoms with Crippen LogP contribution in [-0.2, 0) is 11.3 Å². The standard InChI is InChI=1S/C14H24N2O4.CH4O/c1-4-20-9-12-7-16(14(19)15-13(12)18)11(3)6-5-10(2)8-17;1-2/h7,10-11,17H,4-6,8-9H2,1-3H3,(H,15,18,19);2H,1H3. The van der Waals surface area contributed by atoms with Gasteiger partial charge in [-0.1, -0.05) is 6.92 Å². The topological polar surface area (TPSA) is 105 Å². The fourth-order valence-corrected chi connectivity index (χ4v) is 1.93. The predicted octanol–water partition coefficient (Wildman–Crippen LogP) is 0.651. The van der Waals surface area contributed by atoms with Gasteiger partial charge in [0.1, 0.15) is 0 Å². The molecule has 7 nitrogen and oxygen atoms in total. The maximum atomic E-state index is 11.8. The summed E-state index contributed by atoms with van der Waals surface area (Å²) in [6.07, 6.45) is 3.16. The molecule has 0 saturated carbocycles. The monoisotopic (exact) mass is 316 g/mol. The number of rotatable bonds is 8. The Morgan fingerprint density at radius 1 is 1.27 bits per heavy atom. The van der Waals surface area contributed by atoms with E-state index in [9.17, 15) is 9.59 Å². The van der Waals surface area contributed by atoms with Gasteiger partial charge in [0.25, 0.3) is 5.56 Å². The highest BCUT2D eigenvalue weighted by Crippen LogP contribution is 2.15. The maximum Gasteiger partial charge on any atom is 0.328 e. The molecule has 0 radical (unpaired) electrons. The molecule has 0 aromatic carbocycles. The molecule has 2 atom stereocenters. The van der Waals surface area contributed by atoms with E-state index in [-0.39, 0.29) is 25.2 Å². The van der Waals surface area contributed by atoms with E-state index in [4.69, 9.17) is 14.9 Å². The summed E-state index contributed by atoms with van der Waals surface area (Å²) in [5, 5.41) is 16.0. The number of nitrogens with one attached hydrogen (secondary N) is 1. The Morgan fingerprint density at radius 3 is 2.45 bits per heavy atom. The SMILES string of the molecule is CCOCc1cn(C(C)CCC(C)CO)c(=O)[nH]c1=O.CO. The van der Waals surface area contributed by atoms with E-state index in [0.29, 0.717) is 12.2 Å². The zero-order valence-corrected chi connectivity index (χ0v) is 13.8. The van der Waals surface area contributed by atoms with Crippen LogP contribution in [0.2, 0.25) is 0 Å². The van der Waals surface area contributed by atoms with Gasteiger partial charge in [0.2, 0.25) is 0 Å². The van der Waals surface area contributed by atoms with Gasteiger partial charge in [-0.3, -0.25) is 14.3 Å². The van der Waals surface area contributed by atoms with Gasteiger partial charge in [-0.05, 0) is 32.6 Å². The smallest absolute Gasteiger partial charge is 0.328 e. The van der Waals surface area contributed by atoms with Gasteiger partial charge in [0.15, 0.2) is 0 Å². The minimum atomic E-state index is -0.403. The molecule has 0 fully saturated rings. The van der Waals surface area contributed by atoms with Crippen molar-refractivity contribution in [3.05, 3.63) is 32.6 Å². The first-order chi connectivity index (χ1) is 10.5. The fraction of sp³-hybridized carbons (Fsp3) is 0.733. The zero-order valence-electron chi connectivity index (χ0n) is 13.8. The minimum absolute atomic E-state index is 0.0336. The quantitative estimate of drug-likeness (QED) is 0.653. The van der Waals surface area contributed by atoms with Crippen molar-refractivity contribution in [2.45, 2.75) is 46.3 Å². The Morgan fingerprint density at radius 2 is 1.91 bits per heavy atom. The summed E-state index contributed by atoms with van der Waals surface area (Å²) < 4.78 is 6.75. The molecule has 1 aromatic rings. The molecule has 22 heavy (non-hydrogen) atoms. The average Bonchev–Trinajstić information content (AvgIpc) is 2.53. The highest BCUT2D eigenvalue weighted by molar-refractivity contribution is 5.03. The van der Waals surface area contributed by atoms with Crippen LogP contribution in [0, 0.1) is 5.92 Å². The number of aromatic amines is 1. The van der Waals surface area contributed by atoms with Gasteiger partial charge in [0, 0.05) is 32.6 Å². The minimum Gasteiger partial charge on any atom is -0.400 e. The molecule has 1 rings (SSSR count). The van der Waals surface area contributed by atoms with Crippen LogP contribution >= 0.6 is 0 Å². The summed E-state index contributed by atoms with van der Waals surface area (Å²) in [6, 6.07) is -0.0336. The van der Waals surface area contributed by atoms with Crippen LogP contribution in [0.3, 0.4) is 0 Å². The molecule has 0 amide bonds. The van der Waals surface area contributed by atoms with E-state index in [1.54, 1.807) is 6.20 Å². The lowest BCUT2D eigenvalue weighted by atomic mass is 10.0. The Bertz CT molecular complexity index is 523. The molecule has 2 unspecified atom stereocenters. The van der Waals surface area contributed by atoms with E-state index in [1.807, 2.05) is 20.8 Å². The van der Waals surface area contributed by atoms with Gasteiger partial charge in [0.05, 0.1) is 12.2 Å². The second-order valence-electron chi connectivity index (χ2n) is 5.17. The van der Waals surface area contributed by atoms with Crippen molar-refractivity contribution in [2.24, 2.45) is 5.92 Å². The Labute approximate surface area is 130 Å². The molecule has 0 spiro atoms. The number of aliphatic hydroxyl groups excluding tert-OH is 2. The molecule has 0 aliphatic heterocycles. The normalized spacial score (nSPS) is 13.2. The first-order valence-electron chi connectivity index (χ1n) is 7.47. The number of H-pyrrole nitrogens is 1. The van der Waals surface area contributed by atoms with E-state index in [0.717, 1.165) is 20.0 Å². The van der Waals surface area contributed by atoms with Crippen LogP contribution in [0.15, 0.2) is 15.8 Å². The van der Waals surface area contributed by atoms with Crippen LogP contribution in [0.1, 0.15) is 45.2 Å². The van der Waals surface area contributed by atoms with Crippen molar-refractivity contribution < 1.29 is 14.9 Å². The van der Waals surface area contributed by atoms with Crippen LogP contribution in [-0.4, -0.2) is 40.1 Å². The molecule has 1 heterocycles. The molecule has 0 bridgehead atoms. The Hall–Kier alpha value is -1.44. The molecule has 7 heteroatoms. The van der Waals surface area contributed by atoms with Crippen molar-refractivity contribution in [1.29, 1.82) is 0 Å². The number of hydrogen-bond acceptors (Lipinski definition) is 5. The maximum absolute atomic E-state index is 11.8. The van der Waals surface area contributed by atoms with E-state index in [1.165, 1.54) is 4.57 Å². The lowest BCUT2D eigenvalue weighted by Crippen LogP contribution is -2.33. The number of hydrogen-bond donors (Lipinski definition) is 3. The van der Waals surface area contributed by atoms with Crippen LogP contribution in [0.4, 0.5) is 0 Å². The highest BCUT2D eigenvalue weighted by Gasteiger charge is 2.12. The Kier molecular flexibility index (Phi) is 10.4. The number of aliphatic hydroxyl groups is 2. The van der Waals surface area contributed by atoms with Crippen molar-refractivity contribution in [3.8, 4) is 0 Å². The first-order valence-corrected chi connectivity index (χ1v) is 7.47. The molecule has 3 N–H and O–H groups in total. The summed E-state index contributed by atoms with van der Waals surface area (Å²) in [5.74, 6) is 0.207. The highest BCUT2D eigenvalue weighted by atomic mass is 16.5. The number of aromatic nitrogens is 2. The average molecular weight is 316 g/mol. The van der Waals surface area contributed by atoms with Gasteiger partial charge < -0.3 is 14.9 Å². The summed E-state index contributed by atoms with van der Waals surface area (Å²) in [5.41, 5.74) is -0.344. The molecule has 0 saturated heterocycles. The largest absolute Gasteiger partial charge is 0.400 e. The van der Waals surface area contributed by atoms with Crippen LogP contribution < -0.4 is 11.2 Å². The van der Waals surface area contributed by atoms with E-state index < -0.39 is 11.2 Å². The number of nitrogens with zero attached hydrogens (tertiary/aromatic N) is 1. The van der Waals surface area contributed by atoms with Crippen molar-refractivity contribution in [3.63, 3.8) is 0 Å². The summed E-state index contributed by atoms with van der Waals surface area (Å²) in [4.78, 5) is 25.8. The summed E-state index contributed by atoms with van der Waals surface area (Å²) >= 11 is 0. The predicted molar refractivity (Wildman–Crippen MR) is 85.0 cm³/mol. The van der Waals surface area contributed by atoms with Crippen LogP contribution in [0.25, 0.3) is 0 Å². The summed E-state index contributed by atoms with van der Waals surface area (Å²) in [7, 11) is 1.00. The molecule has 128 valence electrons. The van der Waals surface area contributed by atoms with E-state index in [2.05, 4.69) is 4.98 Å². The fourth-order valence-electron chi connectivity index (χ4n) is 1.93. The molecular formula is C15H28N2O5. The second kappa shape index (κ2) is 11.2. The Balaban J connectivity index is 0.00000211. The van der Waals surface area contributed by atoms with Crippen molar-refractivity contribution >= 4 is 0 Å². The molecule has 0 aliphatic rings. The van der Waals surface area contributed by atoms with Crippen molar-refractivity contribution in [2.75, 3.05) is 20.3 Å². The van der Waals surface area contributed by atoms with Gasteiger partial charge in [-0.2, -0.15) is 0 Å². The zero-order chi connectivity index (χ0) is 17.1. The third-order valence-corrected chi connectivity index (χ3v) is 3.37. The molecule has 0 aliphatic carbocycles. The lowest BCUT2D eigenvalue weighted by Gasteiger charge is -2.17. The van der Waals surface area contributed by atoms with Gasteiger partial charge in [-0.25, -0.2) is 4.79 Å². The number of ether oxygens (including phenoxy) is 1. The third-order valence-electron chi connectivity index (χ3n) is 3.37. The molecule has 1 aromatic heterocycles. The third kappa shape index (κ3) is 6.55. The second-order valence-corrected chi connectivity index (χ2v) is 5.17. The summed E-state index contributed by atoms with van der Waals surface area (Å²) in [6.45, 7) is 6.59. The first kappa shape index (κ1) is 20.6. The molecular weight excluding hydrogens is 288 g/mol.